The summed E-state index contributed by atoms with van der Waals surface area (Å²) in [7, 11) is 0. The van der Waals surface area contributed by atoms with Gasteiger partial charge in [0, 0.05) is 26.4 Å². The second-order valence-corrected chi connectivity index (χ2v) is 16.8. The molecular formula is C52H94O10. The first-order valence-electron chi connectivity index (χ1n) is 25.6. The number of unbranched alkanes of at least 4 members (excludes halogenated alkanes) is 24. The molecule has 0 aliphatic carbocycles. The Hall–Kier alpha value is -2.08. The zero-order chi connectivity index (χ0) is 44.8. The molecule has 1 aromatic rings. The summed E-state index contributed by atoms with van der Waals surface area (Å²) in [6, 6.07) is 6.53. The first kappa shape index (κ1) is 57.9. The van der Waals surface area contributed by atoms with Gasteiger partial charge < -0.3 is 37.9 Å². The van der Waals surface area contributed by atoms with Gasteiger partial charge in [0.05, 0.1) is 37.6 Å². The van der Waals surface area contributed by atoms with Gasteiger partial charge in [-0.15, -0.1) is 0 Å². The molecule has 0 aliphatic heterocycles. The number of carbonyl (C=O) groups excluding carboxylic acids is 2. The van der Waals surface area contributed by atoms with Gasteiger partial charge in [-0.2, -0.15) is 0 Å². The molecule has 0 aromatic heterocycles. The molecule has 0 N–H and O–H groups in total. The van der Waals surface area contributed by atoms with Crippen LogP contribution in [0, 0.1) is 0 Å². The molecule has 0 aliphatic rings. The smallest absolute Gasteiger partial charge is 0.339 e. The summed E-state index contributed by atoms with van der Waals surface area (Å²) < 4.78 is 47.1. The zero-order valence-electron chi connectivity index (χ0n) is 40.4. The second kappa shape index (κ2) is 45.5. The van der Waals surface area contributed by atoms with Crippen molar-refractivity contribution in [3.63, 3.8) is 0 Å². The van der Waals surface area contributed by atoms with Crippen molar-refractivity contribution in [1.29, 1.82) is 0 Å². The largest absolute Gasteiger partial charge is 0.460 e. The summed E-state index contributed by atoms with van der Waals surface area (Å²) in [5, 5.41) is 0. The predicted molar refractivity (Wildman–Crippen MR) is 252 cm³/mol. The fraction of sp³-hybridized carbons (Fsp3) is 0.846. The Morgan fingerprint density at radius 2 is 0.629 bits per heavy atom. The molecule has 0 saturated carbocycles. The molecule has 0 heterocycles. The van der Waals surface area contributed by atoms with Gasteiger partial charge in [-0.05, 0) is 37.8 Å². The summed E-state index contributed by atoms with van der Waals surface area (Å²) in [5.74, 6) is -1.24. The Balaban J connectivity index is 2.56. The minimum absolute atomic E-state index is 0.00633. The molecule has 2 atom stereocenters. The van der Waals surface area contributed by atoms with Crippen LogP contribution in [0.3, 0.4) is 0 Å². The lowest BCUT2D eigenvalue weighted by Gasteiger charge is -2.19. The van der Waals surface area contributed by atoms with Crippen molar-refractivity contribution in [3.05, 3.63) is 35.4 Å². The molecule has 10 nitrogen and oxygen atoms in total. The molecule has 1 rings (SSSR count). The lowest BCUT2D eigenvalue weighted by atomic mass is 10.1. The van der Waals surface area contributed by atoms with Gasteiger partial charge in [-0.25, -0.2) is 9.59 Å². The summed E-state index contributed by atoms with van der Waals surface area (Å²) in [5.41, 5.74) is 0.274. The van der Waals surface area contributed by atoms with Crippen LogP contribution in [0.25, 0.3) is 0 Å². The number of ether oxygens (including phenoxy) is 8. The van der Waals surface area contributed by atoms with Crippen LogP contribution in [0.4, 0.5) is 0 Å². The van der Waals surface area contributed by atoms with Gasteiger partial charge in [0.1, 0.15) is 13.2 Å². The van der Waals surface area contributed by atoms with E-state index in [9.17, 15) is 9.59 Å². The van der Waals surface area contributed by atoms with Crippen molar-refractivity contribution >= 4 is 11.9 Å². The van der Waals surface area contributed by atoms with Crippen molar-refractivity contribution in [3.8, 4) is 0 Å². The Bertz CT molecular complexity index is 1030. The van der Waals surface area contributed by atoms with E-state index in [-0.39, 0.29) is 37.6 Å². The van der Waals surface area contributed by atoms with E-state index in [1.807, 2.05) is 0 Å². The number of hydrogen-bond acceptors (Lipinski definition) is 10. The molecule has 0 radical (unpaired) electrons. The van der Waals surface area contributed by atoms with E-state index in [1.54, 1.807) is 24.3 Å². The quantitative estimate of drug-likeness (QED) is 0.0357. The minimum Gasteiger partial charge on any atom is -0.460 e. The molecule has 362 valence electrons. The summed E-state index contributed by atoms with van der Waals surface area (Å²) in [6.07, 6.45) is 32.9. The van der Waals surface area contributed by atoms with Crippen molar-refractivity contribution in [2.24, 2.45) is 0 Å². The normalized spacial score (nSPS) is 12.5. The molecule has 10 heteroatoms. The van der Waals surface area contributed by atoms with Crippen LogP contribution in [0.15, 0.2) is 24.3 Å². The zero-order valence-corrected chi connectivity index (χ0v) is 40.4. The van der Waals surface area contributed by atoms with Crippen LogP contribution < -0.4 is 0 Å². The molecule has 0 saturated heterocycles. The van der Waals surface area contributed by atoms with Gasteiger partial charge in [-0.3, -0.25) is 0 Å². The lowest BCUT2D eigenvalue weighted by molar-refractivity contribution is -0.177. The van der Waals surface area contributed by atoms with E-state index in [0.717, 1.165) is 51.4 Å². The Kier molecular flexibility index (Phi) is 42.5. The average molecular weight is 879 g/mol. The second-order valence-electron chi connectivity index (χ2n) is 16.8. The van der Waals surface area contributed by atoms with Gasteiger partial charge >= 0.3 is 11.9 Å². The maximum atomic E-state index is 13.2. The highest BCUT2D eigenvalue weighted by Crippen LogP contribution is 2.15. The Morgan fingerprint density at radius 1 is 0.355 bits per heavy atom. The molecule has 62 heavy (non-hydrogen) atoms. The van der Waals surface area contributed by atoms with Crippen molar-refractivity contribution in [2.45, 2.75) is 220 Å². The van der Waals surface area contributed by atoms with E-state index in [4.69, 9.17) is 37.9 Å². The third kappa shape index (κ3) is 35.3. The number of rotatable bonds is 48. The number of esters is 2. The molecule has 1 aromatic carbocycles. The van der Waals surface area contributed by atoms with Crippen molar-refractivity contribution in [2.75, 3.05) is 66.1 Å². The van der Waals surface area contributed by atoms with Crippen LogP contribution in [0.2, 0.25) is 0 Å². The summed E-state index contributed by atoms with van der Waals surface area (Å²) in [6.45, 7) is 12.4. The van der Waals surface area contributed by atoms with Gasteiger partial charge in [0.2, 0.25) is 0 Å². The highest BCUT2D eigenvalue weighted by molar-refractivity contribution is 6.03. The van der Waals surface area contributed by atoms with Crippen LogP contribution >= 0.6 is 0 Å². The fourth-order valence-corrected chi connectivity index (χ4v) is 7.14. The number of hydrogen-bond donors (Lipinski definition) is 0. The standard InChI is InChI=1S/C52H94O10/c1-5-9-13-17-21-25-31-37-55-45-49(57-39-33-27-23-19-15-11-7-3)59-41-43-61-51(53)47-35-29-30-36-48(47)52(54)62-44-42-60-50(58-40-34-28-24-20-16-12-8-4)46-56-38-32-26-22-18-14-10-6-2/h29-30,35-36,49-50H,5-28,31-34,37-46H2,1-4H3. The van der Waals surface area contributed by atoms with Gasteiger partial charge in [0.15, 0.2) is 12.6 Å². The van der Waals surface area contributed by atoms with Gasteiger partial charge in [-0.1, -0.05) is 194 Å². The average Bonchev–Trinajstić information content (AvgIpc) is 3.29. The maximum Gasteiger partial charge on any atom is 0.339 e. The minimum atomic E-state index is -0.620. The highest BCUT2D eigenvalue weighted by atomic mass is 16.7. The molecule has 2 unspecified atom stereocenters. The maximum absolute atomic E-state index is 13.2. The molecular weight excluding hydrogens is 785 g/mol. The van der Waals surface area contributed by atoms with E-state index < -0.39 is 24.5 Å². The predicted octanol–water partition coefficient (Wildman–Crippen LogP) is 13.8. The van der Waals surface area contributed by atoms with Crippen molar-refractivity contribution < 1.29 is 47.5 Å². The molecule has 0 spiro atoms. The van der Waals surface area contributed by atoms with Crippen LogP contribution in [-0.2, 0) is 37.9 Å². The first-order valence-corrected chi connectivity index (χ1v) is 25.6. The first-order chi connectivity index (χ1) is 30.6. The lowest BCUT2D eigenvalue weighted by Crippen LogP contribution is -2.27. The molecule has 0 fully saturated rings. The van der Waals surface area contributed by atoms with Crippen LogP contribution in [-0.4, -0.2) is 90.6 Å². The molecule has 0 bridgehead atoms. The summed E-state index contributed by atoms with van der Waals surface area (Å²) >= 11 is 0. The number of benzene rings is 1. The topological polar surface area (TPSA) is 108 Å². The van der Waals surface area contributed by atoms with E-state index in [1.165, 1.54) is 128 Å². The van der Waals surface area contributed by atoms with Crippen molar-refractivity contribution in [1.82, 2.24) is 0 Å². The van der Waals surface area contributed by atoms with E-state index in [0.29, 0.717) is 39.6 Å². The van der Waals surface area contributed by atoms with E-state index in [2.05, 4.69) is 27.7 Å². The Morgan fingerprint density at radius 3 is 0.952 bits per heavy atom. The fourth-order valence-electron chi connectivity index (χ4n) is 7.14. The third-order valence-electron chi connectivity index (χ3n) is 11.0. The highest BCUT2D eigenvalue weighted by Gasteiger charge is 2.20. The Labute approximate surface area is 379 Å². The van der Waals surface area contributed by atoms with Gasteiger partial charge in [0.25, 0.3) is 0 Å². The third-order valence-corrected chi connectivity index (χ3v) is 11.0. The molecule has 0 amide bonds. The van der Waals surface area contributed by atoms with Crippen LogP contribution in [0.1, 0.15) is 228 Å². The monoisotopic (exact) mass is 879 g/mol. The SMILES string of the molecule is CCCCCCCCCOCC(OCCCCCCCCC)OCCOC(=O)c1ccccc1C(=O)OCCOC(COCCCCCCCCC)OCCCCCCCCC. The van der Waals surface area contributed by atoms with E-state index >= 15 is 0 Å². The van der Waals surface area contributed by atoms with Crippen LogP contribution in [0.5, 0.6) is 0 Å². The summed E-state index contributed by atoms with van der Waals surface area (Å²) in [4.78, 5) is 26.3. The number of carbonyl (C=O) groups is 2.